The summed E-state index contributed by atoms with van der Waals surface area (Å²) in [7, 11) is 0. The summed E-state index contributed by atoms with van der Waals surface area (Å²) in [5.74, 6) is 0.778. The molecule has 0 fully saturated rings. The van der Waals surface area contributed by atoms with Gasteiger partial charge >= 0.3 is 0 Å². The molecule has 0 spiro atoms. The van der Waals surface area contributed by atoms with E-state index in [2.05, 4.69) is 26.0 Å². The number of allylic oxidation sites excluding steroid dienone is 4. The lowest BCUT2D eigenvalue weighted by Crippen LogP contribution is -1.96. The highest BCUT2D eigenvalue weighted by atomic mass is 16.3. The molecule has 0 aromatic heterocycles. The first-order chi connectivity index (χ1) is 7.16. The van der Waals surface area contributed by atoms with Crippen LogP contribution in [0.15, 0.2) is 47.6 Å². The Balaban J connectivity index is 2.15. The number of hydrogen-bond donors (Lipinski definition) is 1. The quantitative estimate of drug-likeness (QED) is 0.770. The molecule has 1 nitrogen and oxygen atoms in total. The summed E-state index contributed by atoms with van der Waals surface area (Å²) in [4.78, 5) is 0. The number of phenols is 1. The fraction of sp³-hybridized carbons (Fsp3) is 0.286. The van der Waals surface area contributed by atoms with Crippen LogP contribution >= 0.6 is 0 Å². The maximum Gasteiger partial charge on any atom is 0.115 e. The third-order valence-electron chi connectivity index (χ3n) is 3.01. The number of rotatable bonds is 2. The summed E-state index contributed by atoms with van der Waals surface area (Å²) in [6.07, 6.45) is 5.49. The van der Waals surface area contributed by atoms with Crippen LogP contribution in [0.2, 0.25) is 0 Å². The van der Waals surface area contributed by atoms with Gasteiger partial charge in [0.2, 0.25) is 0 Å². The number of aromatic hydroxyl groups is 1. The summed E-state index contributed by atoms with van der Waals surface area (Å²) in [6.45, 7) is 4.37. The van der Waals surface area contributed by atoms with E-state index >= 15 is 0 Å². The van der Waals surface area contributed by atoms with Crippen molar-refractivity contribution in [3.63, 3.8) is 0 Å². The van der Waals surface area contributed by atoms with Crippen LogP contribution in [-0.2, 0) is 0 Å². The molecule has 0 saturated heterocycles. The molecule has 1 heteroatoms. The van der Waals surface area contributed by atoms with Crippen molar-refractivity contribution in [1.82, 2.24) is 0 Å². The lowest BCUT2D eigenvalue weighted by Gasteiger charge is -2.14. The van der Waals surface area contributed by atoms with E-state index in [1.807, 2.05) is 12.1 Å². The third kappa shape index (κ3) is 2.12. The molecule has 1 atom stereocenters. The van der Waals surface area contributed by atoms with Crippen LogP contribution in [0.1, 0.15) is 31.7 Å². The van der Waals surface area contributed by atoms with Crippen molar-refractivity contribution in [3.05, 3.63) is 53.1 Å². The summed E-state index contributed by atoms with van der Waals surface area (Å²) < 4.78 is 0. The highest BCUT2D eigenvalue weighted by Crippen LogP contribution is 2.32. The Morgan fingerprint density at radius 3 is 2.33 bits per heavy atom. The van der Waals surface area contributed by atoms with Gasteiger partial charge in [0.1, 0.15) is 5.75 Å². The van der Waals surface area contributed by atoms with E-state index in [-0.39, 0.29) is 0 Å². The van der Waals surface area contributed by atoms with Crippen molar-refractivity contribution in [3.8, 4) is 5.75 Å². The Labute approximate surface area is 90.8 Å². The summed E-state index contributed by atoms with van der Waals surface area (Å²) >= 11 is 0. The van der Waals surface area contributed by atoms with E-state index < -0.39 is 0 Å². The largest absolute Gasteiger partial charge is 0.508 e. The molecule has 15 heavy (non-hydrogen) atoms. The highest BCUT2D eigenvalue weighted by Gasteiger charge is 2.14. The first kappa shape index (κ1) is 10.0. The topological polar surface area (TPSA) is 20.2 Å². The second kappa shape index (κ2) is 3.93. The Hall–Kier alpha value is -1.50. The van der Waals surface area contributed by atoms with Crippen molar-refractivity contribution in [1.29, 1.82) is 0 Å². The van der Waals surface area contributed by atoms with Crippen molar-refractivity contribution >= 4 is 0 Å². The maximum absolute atomic E-state index is 9.22. The summed E-state index contributed by atoms with van der Waals surface area (Å²) in [6, 6.07) is 7.49. The third-order valence-corrected chi connectivity index (χ3v) is 3.01. The molecule has 0 saturated carbocycles. The number of hydrogen-bond acceptors (Lipinski definition) is 1. The highest BCUT2D eigenvalue weighted by molar-refractivity contribution is 5.39. The van der Waals surface area contributed by atoms with E-state index in [1.165, 1.54) is 16.7 Å². The average molecular weight is 200 g/mol. The number of benzene rings is 1. The molecule has 0 amide bonds. The lowest BCUT2D eigenvalue weighted by molar-refractivity contribution is 0.475. The Bertz CT molecular complexity index is 409. The van der Waals surface area contributed by atoms with E-state index in [4.69, 9.17) is 0 Å². The standard InChI is InChI=1S/C14H16O/c1-10-3-4-13(9-10)11(2)12-5-7-14(15)8-6-12/h3-8,11,15H,9H2,1-2H3. The van der Waals surface area contributed by atoms with Crippen molar-refractivity contribution in [2.45, 2.75) is 26.2 Å². The molecule has 1 aliphatic carbocycles. The minimum Gasteiger partial charge on any atom is -0.508 e. The van der Waals surface area contributed by atoms with Crippen LogP contribution < -0.4 is 0 Å². The zero-order chi connectivity index (χ0) is 10.8. The molecule has 1 aliphatic rings. The van der Waals surface area contributed by atoms with Gasteiger partial charge in [-0.3, -0.25) is 0 Å². The van der Waals surface area contributed by atoms with Gasteiger partial charge < -0.3 is 5.11 Å². The fourth-order valence-electron chi connectivity index (χ4n) is 1.96. The van der Waals surface area contributed by atoms with Gasteiger partial charge in [0, 0.05) is 5.92 Å². The SMILES string of the molecule is CC1=CC=C(C(C)c2ccc(O)cc2)C1. The van der Waals surface area contributed by atoms with Crippen molar-refractivity contribution < 1.29 is 5.11 Å². The molecule has 78 valence electrons. The van der Waals surface area contributed by atoms with E-state index in [0.717, 1.165) is 6.42 Å². The minimum atomic E-state index is 0.334. The van der Waals surface area contributed by atoms with Gasteiger partial charge in [-0.05, 0) is 31.0 Å². The second-order valence-electron chi connectivity index (χ2n) is 4.24. The summed E-state index contributed by atoms with van der Waals surface area (Å²) in [5, 5.41) is 9.22. The molecular weight excluding hydrogens is 184 g/mol. The van der Waals surface area contributed by atoms with E-state index in [0.29, 0.717) is 11.7 Å². The van der Waals surface area contributed by atoms with Crippen LogP contribution in [0.5, 0.6) is 5.75 Å². The van der Waals surface area contributed by atoms with Gasteiger partial charge in [0.05, 0.1) is 0 Å². The van der Waals surface area contributed by atoms with Crippen LogP contribution in [0, 0.1) is 0 Å². The smallest absolute Gasteiger partial charge is 0.115 e. The van der Waals surface area contributed by atoms with E-state index in [1.54, 1.807) is 12.1 Å². The van der Waals surface area contributed by atoms with Crippen LogP contribution in [-0.4, -0.2) is 5.11 Å². The first-order valence-corrected chi connectivity index (χ1v) is 5.32. The zero-order valence-electron chi connectivity index (χ0n) is 9.20. The first-order valence-electron chi connectivity index (χ1n) is 5.32. The minimum absolute atomic E-state index is 0.334. The molecule has 0 heterocycles. The van der Waals surface area contributed by atoms with Crippen LogP contribution in [0.4, 0.5) is 0 Å². The van der Waals surface area contributed by atoms with Gasteiger partial charge in [0.15, 0.2) is 0 Å². The molecule has 1 aromatic carbocycles. The van der Waals surface area contributed by atoms with Crippen LogP contribution in [0.25, 0.3) is 0 Å². The molecular formula is C14H16O. The van der Waals surface area contributed by atoms with Gasteiger partial charge in [-0.2, -0.15) is 0 Å². The average Bonchev–Trinajstić information content (AvgIpc) is 2.65. The van der Waals surface area contributed by atoms with Gasteiger partial charge in [-0.1, -0.05) is 42.4 Å². The Morgan fingerprint density at radius 1 is 1.13 bits per heavy atom. The van der Waals surface area contributed by atoms with Crippen molar-refractivity contribution in [2.24, 2.45) is 0 Å². The molecule has 0 bridgehead atoms. The van der Waals surface area contributed by atoms with Gasteiger partial charge in [-0.15, -0.1) is 0 Å². The Morgan fingerprint density at radius 2 is 1.80 bits per heavy atom. The molecule has 2 rings (SSSR count). The normalized spacial score (nSPS) is 17.2. The molecule has 1 N–H and O–H groups in total. The maximum atomic E-state index is 9.22. The predicted molar refractivity (Wildman–Crippen MR) is 63.0 cm³/mol. The van der Waals surface area contributed by atoms with Crippen LogP contribution in [0.3, 0.4) is 0 Å². The molecule has 1 aromatic rings. The molecule has 0 radical (unpaired) electrons. The monoisotopic (exact) mass is 200 g/mol. The lowest BCUT2D eigenvalue weighted by atomic mass is 9.91. The molecule has 1 unspecified atom stereocenters. The number of phenolic OH excluding ortho intramolecular Hbond substituents is 1. The van der Waals surface area contributed by atoms with E-state index in [9.17, 15) is 5.11 Å². The summed E-state index contributed by atoms with van der Waals surface area (Å²) in [5.41, 5.74) is 4.15. The van der Waals surface area contributed by atoms with Gasteiger partial charge in [0.25, 0.3) is 0 Å². The second-order valence-corrected chi connectivity index (χ2v) is 4.24. The molecule has 0 aliphatic heterocycles. The zero-order valence-corrected chi connectivity index (χ0v) is 9.20. The fourth-order valence-corrected chi connectivity index (χ4v) is 1.96. The predicted octanol–water partition coefficient (Wildman–Crippen LogP) is 3.77. The van der Waals surface area contributed by atoms with Gasteiger partial charge in [-0.25, -0.2) is 0 Å². The van der Waals surface area contributed by atoms with Crippen molar-refractivity contribution in [2.75, 3.05) is 0 Å². The Kier molecular flexibility index (Phi) is 2.63.